The largest absolute Gasteiger partial charge is 0.315 e. The van der Waals surface area contributed by atoms with Crippen LogP contribution in [0.2, 0.25) is 0 Å². The van der Waals surface area contributed by atoms with E-state index in [-0.39, 0.29) is 23.8 Å². The summed E-state index contributed by atoms with van der Waals surface area (Å²) in [6, 6.07) is 2.78. The van der Waals surface area contributed by atoms with Crippen LogP contribution in [0.1, 0.15) is 24.5 Å². The van der Waals surface area contributed by atoms with Gasteiger partial charge < -0.3 is 5.32 Å². The Hall–Kier alpha value is -1.22. The summed E-state index contributed by atoms with van der Waals surface area (Å²) in [7, 11) is -3.91. The third-order valence-electron chi connectivity index (χ3n) is 3.14. The fourth-order valence-electron chi connectivity index (χ4n) is 1.91. The van der Waals surface area contributed by atoms with Crippen LogP contribution < -0.4 is 10.0 Å². The molecule has 0 aliphatic heterocycles. The normalized spacial score (nSPS) is 11.0. The van der Waals surface area contributed by atoms with Gasteiger partial charge in [-0.15, -0.1) is 12.4 Å². The van der Waals surface area contributed by atoms with E-state index in [4.69, 9.17) is 0 Å². The van der Waals surface area contributed by atoms with Crippen molar-refractivity contribution in [1.82, 2.24) is 10.0 Å². The van der Waals surface area contributed by atoms with Crippen LogP contribution in [0, 0.1) is 24.0 Å². The standard InChI is InChI=1S/C13H21N3O4S.ClH/c1-4-7-14-8-9-15-21(19,20)13-11(3)10(2)5-6-12(13)16(17)18;/h5-6,14-15H,4,7-9H2,1-3H3;1H. The van der Waals surface area contributed by atoms with Crippen LogP contribution in [0.5, 0.6) is 0 Å². The average molecular weight is 352 g/mol. The van der Waals surface area contributed by atoms with E-state index in [2.05, 4.69) is 10.0 Å². The minimum absolute atomic E-state index is 0. The number of nitro benzene ring substituents is 1. The van der Waals surface area contributed by atoms with Crippen LogP contribution in [0.3, 0.4) is 0 Å². The van der Waals surface area contributed by atoms with Gasteiger partial charge in [-0.2, -0.15) is 0 Å². The van der Waals surface area contributed by atoms with Crippen molar-refractivity contribution in [2.75, 3.05) is 19.6 Å². The molecule has 0 fully saturated rings. The first-order valence-electron chi connectivity index (χ1n) is 6.76. The van der Waals surface area contributed by atoms with E-state index in [1.165, 1.54) is 6.07 Å². The number of nitro groups is 1. The van der Waals surface area contributed by atoms with Crippen LogP contribution in [-0.2, 0) is 10.0 Å². The highest BCUT2D eigenvalue weighted by molar-refractivity contribution is 7.89. The molecule has 0 unspecified atom stereocenters. The molecular formula is C13H22ClN3O4S. The Morgan fingerprint density at radius 1 is 1.18 bits per heavy atom. The molecule has 126 valence electrons. The molecule has 0 bridgehead atoms. The van der Waals surface area contributed by atoms with Gasteiger partial charge in [0.1, 0.15) is 0 Å². The lowest BCUT2D eigenvalue weighted by Crippen LogP contribution is -2.33. The van der Waals surface area contributed by atoms with Crippen LogP contribution in [0.15, 0.2) is 17.0 Å². The monoisotopic (exact) mass is 351 g/mol. The summed E-state index contributed by atoms with van der Waals surface area (Å²) in [6.07, 6.45) is 0.954. The lowest BCUT2D eigenvalue weighted by atomic mass is 10.1. The van der Waals surface area contributed by atoms with E-state index >= 15 is 0 Å². The summed E-state index contributed by atoms with van der Waals surface area (Å²) in [5, 5.41) is 14.1. The van der Waals surface area contributed by atoms with Gasteiger partial charge in [-0.1, -0.05) is 13.0 Å². The number of nitrogens with one attached hydrogen (secondary N) is 2. The predicted octanol–water partition coefficient (Wildman–Crippen LogP) is 1.91. The highest BCUT2D eigenvalue weighted by atomic mass is 35.5. The van der Waals surface area contributed by atoms with E-state index in [1.54, 1.807) is 19.9 Å². The zero-order valence-electron chi connectivity index (χ0n) is 12.9. The van der Waals surface area contributed by atoms with Crippen molar-refractivity contribution >= 4 is 28.1 Å². The van der Waals surface area contributed by atoms with Crippen molar-refractivity contribution in [3.63, 3.8) is 0 Å². The maximum atomic E-state index is 12.3. The fraction of sp³-hybridized carbons (Fsp3) is 0.538. The Morgan fingerprint density at radius 2 is 1.82 bits per heavy atom. The summed E-state index contributed by atoms with van der Waals surface area (Å²) in [5.74, 6) is 0. The number of benzene rings is 1. The molecule has 0 saturated heterocycles. The summed E-state index contributed by atoms with van der Waals surface area (Å²) in [6.45, 7) is 6.77. The van der Waals surface area contributed by atoms with Crippen LogP contribution in [-0.4, -0.2) is 33.0 Å². The molecule has 2 N–H and O–H groups in total. The minimum Gasteiger partial charge on any atom is -0.315 e. The molecule has 0 saturated carbocycles. The first-order valence-corrected chi connectivity index (χ1v) is 8.24. The van der Waals surface area contributed by atoms with E-state index < -0.39 is 20.6 Å². The molecule has 22 heavy (non-hydrogen) atoms. The topological polar surface area (TPSA) is 101 Å². The van der Waals surface area contributed by atoms with E-state index in [0.29, 0.717) is 17.7 Å². The molecule has 1 rings (SSSR count). The number of sulfonamides is 1. The van der Waals surface area contributed by atoms with E-state index in [0.717, 1.165) is 13.0 Å². The summed E-state index contributed by atoms with van der Waals surface area (Å²) in [5.41, 5.74) is 0.704. The third kappa shape index (κ3) is 5.20. The van der Waals surface area contributed by atoms with Crippen molar-refractivity contribution in [3.8, 4) is 0 Å². The van der Waals surface area contributed by atoms with Gasteiger partial charge in [0.25, 0.3) is 5.69 Å². The summed E-state index contributed by atoms with van der Waals surface area (Å²) < 4.78 is 27.0. The van der Waals surface area contributed by atoms with Crippen molar-refractivity contribution in [3.05, 3.63) is 33.4 Å². The molecular weight excluding hydrogens is 330 g/mol. The number of halogens is 1. The molecule has 7 nitrogen and oxygen atoms in total. The summed E-state index contributed by atoms with van der Waals surface area (Å²) >= 11 is 0. The van der Waals surface area contributed by atoms with Gasteiger partial charge >= 0.3 is 0 Å². The molecule has 0 aliphatic carbocycles. The third-order valence-corrected chi connectivity index (χ3v) is 4.78. The Labute approximate surface area is 137 Å². The Balaban J connectivity index is 0.00000441. The number of rotatable bonds is 8. The molecule has 0 amide bonds. The molecule has 0 heterocycles. The molecule has 0 spiro atoms. The Bertz CT molecular complexity index is 620. The SMILES string of the molecule is CCCNCCNS(=O)(=O)c1c([N+](=O)[O-])ccc(C)c1C.Cl. The lowest BCUT2D eigenvalue weighted by Gasteiger charge is -2.11. The number of aryl methyl sites for hydroxylation is 1. The maximum absolute atomic E-state index is 12.3. The highest BCUT2D eigenvalue weighted by Gasteiger charge is 2.28. The Kier molecular flexibility index (Phi) is 8.54. The number of nitrogens with zero attached hydrogens (tertiary/aromatic N) is 1. The van der Waals surface area contributed by atoms with Gasteiger partial charge in [0.05, 0.1) is 4.92 Å². The van der Waals surface area contributed by atoms with Crippen LogP contribution in [0.4, 0.5) is 5.69 Å². The minimum atomic E-state index is -3.91. The zero-order valence-corrected chi connectivity index (χ0v) is 14.5. The second-order valence-corrected chi connectivity index (χ2v) is 6.46. The zero-order chi connectivity index (χ0) is 16.0. The van der Waals surface area contributed by atoms with E-state index in [1.807, 2.05) is 6.92 Å². The smallest absolute Gasteiger partial charge is 0.289 e. The molecule has 0 radical (unpaired) electrons. The van der Waals surface area contributed by atoms with Gasteiger partial charge in [-0.3, -0.25) is 10.1 Å². The van der Waals surface area contributed by atoms with Crippen LogP contribution in [0.25, 0.3) is 0 Å². The number of hydrogen-bond donors (Lipinski definition) is 2. The van der Waals surface area contributed by atoms with Gasteiger partial charge in [-0.25, -0.2) is 13.1 Å². The van der Waals surface area contributed by atoms with Crippen molar-refractivity contribution < 1.29 is 13.3 Å². The second-order valence-electron chi connectivity index (χ2n) is 4.76. The first-order chi connectivity index (χ1) is 9.81. The molecule has 1 aromatic rings. The van der Waals surface area contributed by atoms with Gasteiger partial charge in [0.2, 0.25) is 10.0 Å². The number of hydrogen-bond acceptors (Lipinski definition) is 5. The van der Waals surface area contributed by atoms with Gasteiger partial charge in [0.15, 0.2) is 4.90 Å². The molecule has 0 aromatic heterocycles. The van der Waals surface area contributed by atoms with Crippen LogP contribution >= 0.6 is 12.4 Å². The average Bonchev–Trinajstić information content (AvgIpc) is 2.40. The molecule has 9 heteroatoms. The highest BCUT2D eigenvalue weighted by Crippen LogP contribution is 2.28. The van der Waals surface area contributed by atoms with Crippen molar-refractivity contribution in [1.29, 1.82) is 0 Å². The molecule has 0 atom stereocenters. The van der Waals surface area contributed by atoms with Crippen molar-refractivity contribution in [2.24, 2.45) is 0 Å². The lowest BCUT2D eigenvalue weighted by molar-refractivity contribution is -0.387. The maximum Gasteiger partial charge on any atom is 0.289 e. The first kappa shape index (κ1) is 20.8. The summed E-state index contributed by atoms with van der Waals surface area (Å²) in [4.78, 5) is 10.1. The van der Waals surface area contributed by atoms with Gasteiger partial charge in [0, 0.05) is 19.2 Å². The van der Waals surface area contributed by atoms with Crippen molar-refractivity contribution in [2.45, 2.75) is 32.1 Å². The quantitative estimate of drug-likeness (QED) is 0.423. The second kappa shape index (κ2) is 9.04. The van der Waals surface area contributed by atoms with E-state index in [9.17, 15) is 18.5 Å². The molecule has 1 aromatic carbocycles. The Morgan fingerprint density at radius 3 is 2.36 bits per heavy atom. The fourth-order valence-corrected chi connectivity index (χ4v) is 3.40. The molecule has 0 aliphatic rings. The van der Waals surface area contributed by atoms with Gasteiger partial charge in [-0.05, 0) is 37.9 Å². The predicted molar refractivity (Wildman–Crippen MR) is 88.2 cm³/mol.